The molecule has 0 N–H and O–H groups in total. The number of allylic oxidation sites excluding steroid dienone is 3. The summed E-state index contributed by atoms with van der Waals surface area (Å²) >= 11 is 0. The van der Waals surface area contributed by atoms with Crippen LogP contribution in [-0.2, 0) is 9.53 Å². The number of hydrogen-bond acceptors (Lipinski definition) is 4. The molecule has 4 nitrogen and oxygen atoms in total. The van der Waals surface area contributed by atoms with Crippen molar-refractivity contribution in [3.63, 3.8) is 0 Å². The van der Waals surface area contributed by atoms with E-state index in [4.69, 9.17) is 9.47 Å². The van der Waals surface area contributed by atoms with E-state index in [1.54, 1.807) is 30.4 Å². The molecule has 0 saturated heterocycles. The SMILES string of the molecule is COC(=C1C2CCCC1C1=C(CCCC1)C2)c1ccc(C#N)c(OC(C)=O)c1. The van der Waals surface area contributed by atoms with Gasteiger partial charge in [0.05, 0.1) is 12.7 Å². The molecular weight excluding hydrogens is 350 g/mol. The van der Waals surface area contributed by atoms with E-state index in [9.17, 15) is 10.1 Å². The van der Waals surface area contributed by atoms with Crippen molar-refractivity contribution >= 4 is 11.7 Å². The minimum Gasteiger partial charge on any atom is -0.496 e. The van der Waals surface area contributed by atoms with Crippen molar-refractivity contribution in [2.45, 2.75) is 58.3 Å². The Balaban J connectivity index is 1.82. The van der Waals surface area contributed by atoms with Crippen molar-refractivity contribution in [3.05, 3.63) is 46.0 Å². The smallest absolute Gasteiger partial charge is 0.308 e. The van der Waals surface area contributed by atoms with Gasteiger partial charge in [0.25, 0.3) is 0 Å². The second-order valence-electron chi connectivity index (χ2n) is 8.13. The molecule has 146 valence electrons. The van der Waals surface area contributed by atoms with Gasteiger partial charge in [-0.25, -0.2) is 0 Å². The van der Waals surface area contributed by atoms with Gasteiger partial charge in [0.1, 0.15) is 17.6 Å². The normalized spacial score (nSPS) is 25.5. The molecule has 2 bridgehead atoms. The number of methoxy groups -OCH3 is 1. The first kappa shape index (κ1) is 18.8. The monoisotopic (exact) mass is 377 g/mol. The van der Waals surface area contributed by atoms with Crippen LogP contribution in [0.5, 0.6) is 5.75 Å². The Morgan fingerprint density at radius 3 is 2.75 bits per heavy atom. The summed E-state index contributed by atoms with van der Waals surface area (Å²) < 4.78 is 11.2. The number of carbonyl (C=O) groups excluding carboxylic acids is 1. The van der Waals surface area contributed by atoms with Gasteiger partial charge in [0.2, 0.25) is 0 Å². The standard InChI is InChI=1S/C24H27NO3/c1-15(26)28-22-13-18(10-11-19(22)14-25)24(27-2)23-17-7-5-9-21(23)20-8-4-3-6-16(20)12-17/h10-11,13,17,21H,3-9,12H2,1-2H3. The summed E-state index contributed by atoms with van der Waals surface area (Å²) in [4.78, 5) is 11.5. The van der Waals surface area contributed by atoms with Crippen molar-refractivity contribution in [2.24, 2.45) is 11.8 Å². The topological polar surface area (TPSA) is 59.3 Å². The van der Waals surface area contributed by atoms with E-state index in [0.717, 1.165) is 11.3 Å². The molecule has 0 amide bonds. The molecule has 1 aromatic rings. The summed E-state index contributed by atoms with van der Waals surface area (Å²) in [6.07, 6.45) is 9.97. The third kappa shape index (κ3) is 3.35. The van der Waals surface area contributed by atoms with Gasteiger partial charge < -0.3 is 9.47 Å². The second-order valence-corrected chi connectivity index (χ2v) is 8.13. The number of nitrogens with zero attached hydrogens (tertiary/aromatic N) is 1. The minimum atomic E-state index is -0.424. The molecule has 1 fully saturated rings. The Morgan fingerprint density at radius 2 is 2.00 bits per heavy atom. The zero-order valence-corrected chi connectivity index (χ0v) is 16.7. The lowest BCUT2D eigenvalue weighted by Gasteiger charge is -2.43. The summed E-state index contributed by atoms with van der Waals surface area (Å²) in [6.45, 7) is 1.35. The Labute approximate surface area is 166 Å². The molecule has 0 heterocycles. The molecule has 3 aliphatic rings. The highest BCUT2D eigenvalue weighted by atomic mass is 16.5. The number of benzene rings is 1. The van der Waals surface area contributed by atoms with Crippen LogP contribution in [-0.4, -0.2) is 13.1 Å². The highest BCUT2D eigenvalue weighted by molar-refractivity contribution is 5.73. The predicted molar refractivity (Wildman–Crippen MR) is 107 cm³/mol. The third-order valence-electron chi connectivity index (χ3n) is 6.49. The number of esters is 1. The Morgan fingerprint density at radius 1 is 1.18 bits per heavy atom. The third-order valence-corrected chi connectivity index (χ3v) is 6.49. The molecule has 2 atom stereocenters. The Hall–Kier alpha value is -2.54. The number of nitriles is 1. The van der Waals surface area contributed by atoms with Crippen LogP contribution in [0.15, 0.2) is 34.9 Å². The maximum Gasteiger partial charge on any atom is 0.308 e. The number of carbonyl (C=O) groups is 1. The fourth-order valence-corrected chi connectivity index (χ4v) is 5.42. The maximum atomic E-state index is 11.5. The van der Waals surface area contributed by atoms with E-state index >= 15 is 0 Å². The van der Waals surface area contributed by atoms with E-state index in [1.165, 1.54) is 63.9 Å². The fraction of sp³-hybridized carbons (Fsp3) is 0.500. The summed E-state index contributed by atoms with van der Waals surface area (Å²) in [5, 5.41) is 9.34. The lowest BCUT2D eigenvalue weighted by Crippen LogP contribution is -2.30. The molecule has 0 spiro atoms. The average molecular weight is 377 g/mol. The minimum absolute atomic E-state index is 0.307. The van der Waals surface area contributed by atoms with Crippen LogP contribution < -0.4 is 4.74 Å². The zero-order chi connectivity index (χ0) is 19.7. The van der Waals surface area contributed by atoms with Gasteiger partial charge in [0, 0.05) is 18.4 Å². The first-order chi connectivity index (χ1) is 13.6. The van der Waals surface area contributed by atoms with E-state index in [0.29, 0.717) is 23.1 Å². The molecule has 4 heteroatoms. The highest BCUT2D eigenvalue weighted by Crippen LogP contribution is 2.53. The van der Waals surface area contributed by atoms with Gasteiger partial charge in [-0.05, 0) is 74.6 Å². The van der Waals surface area contributed by atoms with E-state index in [2.05, 4.69) is 6.07 Å². The zero-order valence-electron chi connectivity index (χ0n) is 16.7. The van der Waals surface area contributed by atoms with Crippen LogP contribution in [0.2, 0.25) is 0 Å². The Bertz CT molecular complexity index is 903. The van der Waals surface area contributed by atoms with Crippen LogP contribution in [0.1, 0.15) is 69.4 Å². The molecule has 28 heavy (non-hydrogen) atoms. The van der Waals surface area contributed by atoms with Gasteiger partial charge >= 0.3 is 5.97 Å². The van der Waals surface area contributed by atoms with Crippen LogP contribution >= 0.6 is 0 Å². The molecule has 1 saturated carbocycles. The first-order valence-electron chi connectivity index (χ1n) is 10.3. The summed E-state index contributed by atoms with van der Waals surface area (Å²) in [6, 6.07) is 7.52. The second kappa shape index (κ2) is 7.83. The fourth-order valence-electron chi connectivity index (χ4n) is 5.42. The molecule has 4 rings (SSSR count). The maximum absolute atomic E-state index is 11.5. The van der Waals surface area contributed by atoms with Gasteiger partial charge in [-0.3, -0.25) is 4.79 Å². The van der Waals surface area contributed by atoms with Crippen LogP contribution in [0.4, 0.5) is 0 Å². The highest BCUT2D eigenvalue weighted by Gasteiger charge is 2.39. The molecule has 3 aliphatic carbocycles. The summed E-state index contributed by atoms with van der Waals surface area (Å²) in [5.74, 6) is 1.82. The summed E-state index contributed by atoms with van der Waals surface area (Å²) in [5.41, 5.74) is 6.05. The van der Waals surface area contributed by atoms with Crippen LogP contribution in [0, 0.1) is 23.2 Å². The largest absolute Gasteiger partial charge is 0.496 e. The van der Waals surface area contributed by atoms with Gasteiger partial charge in [-0.1, -0.05) is 17.6 Å². The van der Waals surface area contributed by atoms with Gasteiger partial charge in [-0.2, -0.15) is 5.26 Å². The first-order valence-corrected chi connectivity index (χ1v) is 10.3. The number of ether oxygens (including phenoxy) is 2. The Kier molecular flexibility index (Phi) is 5.26. The number of rotatable bonds is 3. The van der Waals surface area contributed by atoms with Crippen molar-refractivity contribution in [1.29, 1.82) is 5.26 Å². The van der Waals surface area contributed by atoms with Gasteiger partial charge in [0.15, 0.2) is 0 Å². The van der Waals surface area contributed by atoms with E-state index in [-0.39, 0.29) is 0 Å². The lowest BCUT2D eigenvalue weighted by molar-refractivity contribution is -0.131. The van der Waals surface area contributed by atoms with Crippen LogP contribution in [0.3, 0.4) is 0 Å². The van der Waals surface area contributed by atoms with Crippen molar-refractivity contribution in [1.82, 2.24) is 0 Å². The average Bonchev–Trinajstić information content (AvgIpc) is 2.68. The molecule has 0 aliphatic heterocycles. The van der Waals surface area contributed by atoms with Gasteiger partial charge in [-0.15, -0.1) is 0 Å². The van der Waals surface area contributed by atoms with Crippen molar-refractivity contribution in [3.8, 4) is 11.8 Å². The molecule has 0 radical (unpaired) electrons. The molecule has 2 unspecified atom stereocenters. The lowest BCUT2D eigenvalue weighted by atomic mass is 9.62. The number of hydrogen-bond donors (Lipinski definition) is 0. The van der Waals surface area contributed by atoms with Crippen LogP contribution in [0.25, 0.3) is 5.76 Å². The van der Waals surface area contributed by atoms with E-state index < -0.39 is 5.97 Å². The van der Waals surface area contributed by atoms with E-state index in [1.807, 2.05) is 6.07 Å². The molecular formula is C24H27NO3. The molecule has 0 aromatic heterocycles. The molecule has 1 aromatic carbocycles. The number of fused-ring (bicyclic) bond motifs is 3. The predicted octanol–water partition coefficient (Wildman–Crippen LogP) is 5.53. The van der Waals surface area contributed by atoms with Crippen molar-refractivity contribution in [2.75, 3.05) is 7.11 Å². The van der Waals surface area contributed by atoms with Crippen molar-refractivity contribution < 1.29 is 14.3 Å². The quantitative estimate of drug-likeness (QED) is 0.301. The summed E-state index contributed by atoms with van der Waals surface area (Å²) in [7, 11) is 1.73.